The van der Waals surface area contributed by atoms with E-state index in [1.165, 1.54) is 24.3 Å². The van der Waals surface area contributed by atoms with E-state index < -0.39 is 15.9 Å². The molecule has 0 saturated carbocycles. The number of hydrogen-bond acceptors (Lipinski definition) is 4. The molecule has 0 aliphatic carbocycles. The minimum Gasteiger partial charge on any atom is -0.352 e. The molecule has 7 nitrogen and oxygen atoms in total. The number of hydrogen-bond donors (Lipinski definition) is 3. The molecule has 144 valence electrons. The third-order valence-corrected chi connectivity index (χ3v) is 4.97. The third-order valence-electron chi connectivity index (χ3n) is 3.57. The number of carbonyl (C=O) groups excluding carboxylic acids is 2. The second kappa shape index (κ2) is 9.29. The van der Waals surface area contributed by atoms with Crippen LogP contribution in [0.4, 0.5) is 0 Å². The fraction of sp³-hybridized carbons (Fsp3) is 0.263. The van der Waals surface area contributed by atoms with Crippen LogP contribution in [0.2, 0.25) is 0 Å². The van der Waals surface area contributed by atoms with Gasteiger partial charge in [-0.25, -0.2) is 13.1 Å². The molecule has 2 amide bonds. The Morgan fingerprint density at radius 3 is 2.37 bits per heavy atom. The Kier molecular flexibility index (Phi) is 7.09. The topological polar surface area (TPSA) is 104 Å². The minimum atomic E-state index is -3.77. The summed E-state index contributed by atoms with van der Waals surface area (Å²) in [6.07, 6.45) is 0. The van der Waals surface area contributed by atoms with E-state index in [0.29, 0.717) is 0 Å². The summed E-state index contributed by atoms with van der Waals surface area (Å²) in [5.74, 6) is -0.833. The summed E-state index contributed by atoms with van der Waals surface area (Å²) in [4.78, 5) is 23.8. The largest absolute Gasteiger partial charge is 0.352 e. The second-order valence-corrected chi connectivity index (χ2v) is 8.01. The van der Waals surface area contributed by atoms with Crippen LogP contribution in [0.3, 0.4) is 0 Å². The molecule has 0 heterocycles. The highest BCUT2D eigenvalue weighted by Gasteiger charge is 2.16. The van der Waals surface area contributed by atoms with Gasteiger partial charge in [0, 0.05) is 18.2 Å². The van der Waals surface area contributed by atoms with Gasteiger partial charge in [0.05, 0.1) is 11.4 Å². The summed E-state index contributed by atoms with van der Waals surface area (Å²) in [7, 11) is -3.77. The minimum absolute atomic E-state index is 0.0160. The molecule has 2 rings (SSSR count). The normalized spacial score (nSPS) is 11.2. The standard InChI is InChI=1S/C19H23N3O4S/c1-14(2)22-18(23)13-20-19(24)16-9-6-10-17(11-16)27(25,26)21-12-15-7-4-3-5-8-15/h3-11,14,21H,12-13H2,1-2H3,(H,20,24)(H,22,23). The lowest BCUT2D eigenvalue weighted by molar-refractivity contribution is -0.120. The van der Waals surface area contributed by atoms with E-state index in [2.05, 4.69) is 15.4 Å². The van der Waals surface area contributed by atoms with E-state index in [4.69, 9.17) is 0 Å². The molecule has 3 N–H and O–H groups in total. The summed E-state index contributed by atoms with van der Waals surface area (Å²) in [5, 5.41) is 5.13. The van der Waals surface area contributed by atoms with Gasteiger partial charge in [0.25, 0.3) is 5.91 Å². The Labute approximate surface area is 159 Å². The van der Waals surface area contributed by atoms with Crippen LogP contribution in [0.15, 0.2) is 59.5 Å². The van der Waals surface area contributed by atoms with Crippen LogP contribution >= 0.6 is 0 Å². The Balaban J connectivity index is 2.02. The van der Waals surface area contributed by atoms with Gasteiger partial charge in [0.2, 0.25) is 15.9 Å². The molecule has 0 aliphatic heterocycles. The predicted molar refractivity (Wildman–Crippen MR) is 103 cm³/mol. The van der Waals surface area contributed by atoms with Crippen molar-refractivity contribution in [3.63, 3.8) is 0 Å². The van der Waals surface area contributed by atoms with E-state index in [1.807, 2.05) is 44.2 Å². The Hall–Kier alpha value is -2.71. The maximum atomic E-state index is 12.5. The van der Waals surface area contributed by atoms with Crippen LogP contribution in [0, 0.1) is 0 Å². The number of carbonyl (C=O) groups is 2. The van der Waals surface area contributed by atoms with E-state index in [9.17, 15) is 18.0 Å². The lowest BCUT2D eigenvalue weighted by atomic mass is 10.2. The molecule has 0 aliphatic rings. The van der Waals surface area contributed by atoms with Crippen LogP contribution < -0.4 is 15.4 Å². The van der Waals surface area contributed by atoms with E-state index in [1.54, 1.807) is 0 Å². The summed E-state index contributed by atoms with van der Waals surface area (Å²) < 4.78 is 27.4. The zero-order valence-corrected chi connectivity index (χ0v) is 16.0. The monoisotopic (exact) mass is 389 g/mol. The van der Waals surface area contributed by atoms with Gasteiger partial charge in [0.1, 0.15) is 0 Å². The third kappa shape index (κ3) is 6.50. The fourth-order valence-electron chi connectivity index (χ4n) is 2.30. The highest BCUT2D eigenvalue weighted by atomic mass is 32.2. The van der Waals surface area contributed by atoms with Crippen molar-refractivity contribution in [3.05, 3.63) is 65.7 Å². The van der Waals surface area contributed by atoms with Gasteiger partial charge < -0.3 is 10.6 Å². The lowest BCUT2D eigenvalue weighted by Crippen LogP contribution is -2.39. The van der Waals surface area contributed by atoms with Crippen LogP contribution in [0.5, 0.6) is 0 Å². The molecule has 0 bridgehead atoms. The first-order valence-electron chi connectivity index (χ1n) is 8.49. The van der Waals surface area contributed by atoms with Crippen LogP contribution in [-0.4, -0.2) is 32.8 Å². The van der Waals surface area contributed by atoms with Crippen molar-refractivity contribution in [1.29, 1.82) is 0 Å². The molecule has 0 spiro atoms. The van der Waals surface area contributed by atoms with Gasteiger partial charge in [-0.3, -0.25) is 9.59 Å². The van der Waals surface area contributed by atoms with Gasteiger partial charge in [-0.2, -0.15) is 0 Å². The zero-order valence-electron chi connectivity index (χ0n) is 15.2. The second-order valence-electron chi connectivity index (χ2n) is 6.24. The molecule has 0 radical (unpaired) electrons. The zero-order chi connectivity index (χ0) is 19.9. The van der Waals surface area contributed by atoms with Crippen molar-refractivity contribution in [2.75, 3.05) is 6.54 Å². The average Bonchev–Trinajstić information content (AvgIpc) is 2.65. The number of amides is 2. The number of rotatable bonds is 8. The highest BCUT2D eigenvalue weighted by molar-refractivity contribution is 7.89. The SMILES string of the molecule is CC(C)NC(=O)CNC(=O)c1cccc(S(=O)(=O)NCc2ccccc2)c1. The maximum Gasteiger partial charge on any atom is 0.251 e. The molecular formula is C19H23N3O4S. The van der Waals surface area contributed by atoms with Gasteiger partial charge >= 0.3 is 0 Å². The Morgan fingerprint density at radius 1 is 1.00 bits per heavy atom. The predicted octanol–water partition coefficient (Wildman–Crippen LogP) is 1.42. The molecule has 2 aromatic carbocycles. The Morgan fingerprint density at radius 2 is 1.70 bits per heavy atom. The summed E-state index contributed by atoms with van der Waals surface area (Å²) in [6, 6.07) is 14.8. The molecule has 27 heavy (non-hydrogen) atoms. The van der Waals surface area contributed by atoms with Gasteiger partial charge in [-0.05, 0) is 37.6 Å². The van der Waals surface area contributed by atoms with Crippen LogP contribution in [-0.2, 0) is 21.4 Å². The van der Waals surface area contributed by atoms with Gasteiger partial charge in [0.15, 0.2) is 0 Å². The lowest BCUT2D eigenvalue weighted by Gasteiger charge is -2.10. The van der Waals surface area contributed by atoms with E-state index >= 15 is 0 Å². The highest BCUT2D eigenvalue weighted by Crippen LogP contribution is 2.12. The van der Waals surface area contributed by atoms with Crippen molar-refractivity contribution >= 4 is 21.8 Å². The smallest absolute Gasteiger partial charge is 0.251 e. The van der Waals surface area contributed by atoms with Crippen molar-refractivity contribution in [2.45, 2.75) is 31.3 Å². The van der Waals surface area contributed by atoms with E-state index in [-0.39, 0.29) is 35.5 Å². The molecule has 2 aromatic rings. The van der Waals surface area contributed by atoms with E-state index in [0.717, 1.165) is 5.56 Å². The summed E-state index contributed by atoms with van der Waals surface area (Å²) in [6.45, 7) is 3.60. The van der Waals surface area contributed by atoms with Crippen LogP contribution in [0.1, 0.15) is 29.8 Å². The van der Waals surface area contributed by atoms with Gasteiger partial charge in [-0.1, -0.05) is 36.4 Å². The molecule has 8 heteroatoms. The molecule has 0 aromatic heterocycles. The molecule has 0 fully saturated rings. The van der Waals surface area contributed by atoms with Crippen LogP contribution in [0.25, 0.3) is 0 Å². The molecule has 0 unspecified atom stereocenters. The van der Waals surface area contributed by atoms with Crippen molar-refractivity contribution in [3.8, 4) is 0 Å². The summed E-state index contributed by atoms with van der Waals surface area (Å²) in [5.41, 5.74) is 0.987. The molecule has 0 saturated heterocycles. The molecule has 0 atom stereocenters. The molecular weight excluding hydrogens is 366 g/mol. The first kappa shape index (κ1) is 20.6. The number of sulfonamides is 1. The average molecular weight is 389 g/mol. The maximum absolute atomic E-state index is 12.5. The first-order valence-corrected chi connectivity index (χ1v) is 9.97. The quantitative estimate of drug-likeness (QED) is 0.635. The Bertz CT molecular complexity index is 896. The van der Waals surface area contributed by atoms with Crippen molar-refractivity contribution < 1.29 is 18.0 Å². The fourth-order valence-corrected chi connectivity index (χ4v) is 3.36. The summed E-state index contributed by atoms with van der Waals surface area (Å²) >= 11 is 0. The van der Waals surface area contributed by atoms with Crippen molar-refractivity contribution in [2.24, 2.45) is 0 Å². The van der Waals surface area contributed by atoms with Gasteiger partial charge in [-0.15, -0.1) is 0 Å². The number of benzene rings is 2. The van der Waals surface area contributed by atoms with Crippen molar-refractivity contribution in [1.82, 2.24) is 15.4 Å². The first-order chi connectivity index (χ1) is 12.8. The number of nitrogens with one attached hydrogen (secondary N) is 3.